The lowest BCUT2D eigenvalue weighted by Gasteiger charge is -2.22. The summed E-state index contributed by atoms with van der Waals surface area (Å²) in [7, 11) is 1.69. The molecule has 18 heavy (non-hydrogen) atoms. The van der Waals surface area contributed by atoms with Gasteiger partial charge in [0.2, 0.25) is 0 Å². The van der Waals surface area contributed by atoms with E-state index in [0.29, 0.717) is 12.1 Å². The Morgan fingerprint density at radius 3 is 2.78 bits per heavy atom. The lowest BCUT2D eigenvalue weighted by atomic mass is 10.1. The van der Waals surface area contributed by atoms with Crippen LogP contribution in [0.15, 0.2) is 36.6 Å². The van der Waals surface area contributed by atoms with Crippen LogP contribution in [0.3, 0.4) is 0 Å². The number of nitrogens with one attached hydrogen (secondary N) is 1. The van der Waals surface area contributed by atoms with Crippen molar-refractivity contribution in [3.05, 3.63) is 42.2 Å². The summed E-state index contributed by atoms with van der Waals surface area (Å²) in [5, 5.41) is 3.51. The Kier molecular flexibility index (Phi) is 4.65. The molecule has 1 heterocycles. The van der Waals surface area contributed by atoms with Gasteiger partial charge in [0.25, 0.3) is 0 Å². The largest absolute Gasteiger partial charge is 0.497 e. The number of ether oxygens (including phenoxy) is 2. The number of hydrogen-bond acceptors (Lipinski definition) is 3. The number of methoxy groups -OCH3 is 1. The second-order valence-electron chi connectivity index (χ2n) is 4.61. The molecule has 0 aromatic heterocycles. The van der Waals surface area contributed by atoms with Crippen molar-refractivity contribution < 1.29 is 9.47 Å². The Balaban J connectivity index is 1.82. The summed E-state index contributed by atoms with van der Waals surface area (Å²) in [5.41, 5.74) is 1.27. The molecule has 0 amide bonds. The molecule has 1 aliphatic rings. The quantitative estimate of drug-likeness (QED) is 0.867. The highest BCUT2D eigenvalue weighted by Crippen LogP contribution is 2.18. The summed E-state index contributed by atoms with van der Waals surface area (Å²) in [4.78, 5) is 0. The van der Waals surface area contributed by atoms with Crippen molar-refractivity contribution in [1.82, 2.24) is 5.32 Å². The van der Waals surface area contributed by atoms with Gasteiger partial charge in [-0.3, -0.25) is 0 Å². The second-order valence-corrected chi connectivity index (χ2v) is 4.61. The summed E-state index contributed by atoms with van der Waals surface area (Å²) < 4.78 is 10.7. The molecule has 2 rings (SSSR count). The third-order valence-electron chi connectivity index (χ3n) is 3.29. The van der Waals surface area contributed by atoms with E-state index in [1.807, 2.05) is 18.4 Å². The van der Waals surface area contributed by atoms with E-state index in [2.05, 4.69) is 30.4 Å². The SMILES string of the molecule is COc1ccc([C@H](C)NCC2CCC=CO2)cc1. The zero-order valence-corrected chi connectivity index (χ0v) is 11.1. The van der Waals surface area contributed by atoms with Crippen molar-refractivity contribution in [2.75, 3.05) is 13.7 Å². The van der Waals surface area contributed by atoms with Gasteiger partial charge >= 0.3 is 0 Å². The average Bonchev–Trinajstić information content (AvgIpc) is 2.46. The molecular formula is C15H21NO2. The predicted molar refractivity (Wildman–Crippen MR) is 72.7 cm³/mol. The highest BCUT2D eigenvalue weighted by atomic mass is 16.5. The molecule has 1 N–H and O–H groups in total. The van der Waals surface area contributed by atoms with Gasteiger partial charge in [-0.05, 0) is 43.5 Å². The van der Waals surface area contributed by atoms with Crippen LogP contribution in [0.2, 0.25) is 0 Å². The van der Waals surface area contributed by atoms with Crippen molar-refractivity contribution >= 4 is 0 Å². The third-order valence-corrected chi connectivity index (χ3v) is 3.29. The first-order valence-electron chi connectivity index (χ1n) is 6.47. The van der Waals surface area contributed by atoms with E-state index in [-0.39, 0.29) is 0 Å². The Labute approximate surface area is 109 Å². The average molecular weight is 247 g/mol. The van der Waals surface area contributed by atoms with E-state index in [1.54, 1.807) is 7.11 Å². The maximum atomic E-state index is 5.54. The van der Waals surface area contributed by atoms with E-state index < -0.39 is 0 Å². The van der Waals surface area contributed by atoms with Crippen molar-refractivity contribution in [2.45, 2.75) is 31.9 Å². The van der Waals surface area contributed by atoms with Gasteiger partial charge in [-0.25, -0.2) is 0 Å². The highest BCUT2D eigenvalue weighted by molar-refractivity contribution is 5.28. The van der Waals surface area contributed by atoms with Gasteiger partial charge in [-0.2, -0.15) is 0 Å². The molecule has 3 nitrogen and oxygen atoms in total. The summed E-state index contributed by atoms with van der Waals surface area (Å²) in [5.74, 6) is 0.895. The van der Waals surface area contributed by atoms with Crippen LogP contribution in [-0.4, -0.2) is 19.8 Å². The lowest BCUT2D eigenvalue weighted by Crippen LogP contribution is -2.31. The Morgan fingerprint density at radius 2 is 2.17 bits per heavy atom. The van der Waals surface area contributed by atoms with Crippen LogP contribution >= 0.6 is 0 Å². The molecule has 0 radical (unpaired) electrons. The molecule has 1 aromatic carbocycles. The number of hydrogen-bond donors (Lipinski definition) is 1. The van der Waals surface area contributed by atoms with Crippen LogP contribution in [0.25, 0.3) is 0 Å². The fraction of sp³-hybridized carbons (Fsp3) is 0.467. The normalized spacial score (nSPS) is 20.2. The van der Waals surface area contributed by atoms with Gasteiger partial charge in [0.05, 0.1) is 13.4 Å². The molecule has 2 atom stereocenters. The Bertz CT molecular complexity index is 386. The molecule has 0 saturated heterocycles. The summed E-state index contributed by atoms with van der Waals surface area (Å²) in [6.45, 7) is 3.05. The minimum atomic E-state index is 0.302. The summed E-state index contributed by atoms with van der Waals surface area (Å²) >= 11 is 0. The highest BCUT2D eigenvalue weighted by Gasteiger charge is 2.12. The molecule has 1 aliphatic heterocycles. The first-order valence-corrected chi connectivity index (χ1v) is 6.47. The van der Waals surface area contributed by atoms with Gasteiger partial charge in [0.15, 0.2) is 0 Å². The molecule has 0 spiro atoms. The topological polar surface area (TPSA) is 30.5 Å². The monoisotopic (exact) mass is 247 g/mol. The van der Waals surface area contributed by atoms with E-state index >= 15 is 0 Å². The van der Waals surface area contributed by atoms with E-state index in [1.165, 1.54) is 5.56 Å². The van der Waals surface area contributed by atoms with Crippen LogP contribution < -0.4 is 10.1 Å². The molecule has 0 aliphatic carbocycles. The third kappa shape index (κ3) is 3.50. The Hall–Kier alpha value is -1.48. The van der Waals surface area contributed by atoms with Crippen LogP contribution in [-0.2, 0) is 4.74 Å². The van der Waals surface area contributed by atoms with Crippen molar-refractivity contribution in [2.24, 2.45) is 0 Å². The first kappa shape index (κ1) is 13.0. The van der Waals surface area contributed by atoms with E-state index in [4.69, 9.17) is 9.47 Å². The predicted octanol–water partition coefficient (Wildman–Crippen LogP) is 3.04. The van der Waals surface area contributed by atoms with E-state index in [0.717, 1.165) is 25.1 Å². The first-order chi connectivity index (χ1) is 8.79. The molecular weight excluding hydrogens is 226 g/mol. The van der Waals surface area contributed by atoms with Crippen LogP contribution in [0.4, 0.5) is 0 Å². The van der Waals surface area contributed by atoms with Crippen LogP contribution in [0.5, 0.6) is 5.75 Å². The van der Waals surface area contributed by atoms with Crippen LogP contribution in [0, 0.1) is 0 Å². The number of allylic oxidation sites excluding steroid dienone is 1. The summed E-state index contributed by atoms with van der Waals surface area (Å²) in [6.07, 6.45) is 6.40. The van der Waals surface area contributed by atoms with Gasteiger partial charge in [-0.15, -0.1) is 0 Å². The van der Waals surface area contributed by atoms with E-state index in [9.17, 15) is 0 Å². The minimum Gasteiger partial charge on any atom is -0.497 e. The number of rotatable bonds is 5. The van der Waals surface area contributed by atoms with Gasteiger partial charge in [0.1, 0.15) is 11.9 Å². The van der Waals surface area contributed by atoms with Gasteiger partial charge in [0, 0.05) is 12.6 Å². The van der Waals surface area contributed by atoms with Crippen molar-refractivity contribution in [3.63, 3.8) is 0 Å². The smallest absolute Gasteiger partial charge is 0.118 e. The molecule has 0 bridgehead atoms. The fourth-order valence-electron chi connectivity index (χ4n) is 2.05. The fourth-order valence-corrected chi connectivity index (χ4v) is 2.05. The summed E-state index contributed by atoms with van der Waals surface area (Å²) in [6, 6.07) is 8.50. The second kappa shape index (κ2) is 6.45. The Morgan fingerprint density at radius 1 is 1.39 bits per heavy atom. The standard InChI is InChI=1S/C15H21NO2/c1-12(13-6-8-14(17-2)9-7-13)16-11-15-5-3-4-10-18-15/h4,6-10,12,15-16H,3,5,11H2,1-2H3/t12-,15?/m0/s1. The lowest BCUT2D eigenvalue weighted by molar-refractivity contribution is 0.120. The molecule has 98 valence electrons. The van der Waals surface area contributed by atoms with Gasteiger partial charge < -0.3 is 14.8 Å². The molecule has 1 aromatic rings. The van der Waals surface area contributed by atoms with Crippen molar-refractivity contribution in [3.8, 4) is 5.75 Å². The number of benzene rings is 1. The van der Waals surface area contributed by atoms with Gasteiger partial charge in [-0.1, -0.05) is 12.1 Å². The molecule has 0 saturated carbocycles. The van der Waals surface area contributed by atoms with Crippen molar-refractivity contribution in [1.29, 1.82) is 0 Å². The zero-order valence-electron chi connectivity index (χ0n) is 11.1. The minimum absolute atomic E-state index is 0.302. The molecule has 1 unspecified atom stereocenters. The zero-order chi connectivity index (χ0) is 12.8. The molecule has 0 fully saturated rings. The van der Waals surface area contributed by atoms with Crippen LogP contribution in [0.1, 0.15) is 31.4 Å². The maximum absolute atomic E-state index is 5.54. The molecule has 3 heteroatoms. The maximum Gasteiger partial charge on any atom is 0.118 e.